The van der Waals surface area contributed by atoms with Gasteiger partial charge in [0.15, 0.2) is 5.78 Å². The molecule has 0 heterocycles. The van der Waals surface area contributed by atoms with Crippen LogP contribution in [0.5, 0.6) is 0 Å². The number of halogens is 1. The second-order valence-electron chi connectivity index (χ2n) is 3.47. The number of nitrogens with one attached hydrogen (secondary N) is 1. The van der Waals surface area contributed by atoms with Crippen molar-refractivity contribution in [1.82, 2.24) is 0 Å². The summed E-state index contributed by atoms with van der Waals surface area (Å²) in [4.78, 5) is 22.6. The maximum absolute atomic E-state index is 11.6. The molecule has 1 amide bonds. The highest BCUT2D eigenvalue weighted by molar-refractivity contribution is 6.31. The maximum Gasteiger partial charge on any atom is 0.221 e. The largest absolute Gasteiger partial charge is 0.326 e. The van der Waals surface area contributed by atoms with Gasteiger partial charge in [0.05, 0.1) is 11.6 Å². The van der Waals surface area contributed by atoms with E-state index >= 15 is 0 Å². The lowest BCUT2D eigenvalue weighted by atomic mass is 10.0. The third-order valence-electron chi connectivity index (χ3n) is 2.22. The first kappa shape index (κ1) is 12.7. The Labute approximate surface area is 99.8 Å². The molecule has 0 radical (unpaired) electrons. The number of hydrogen-bond donors (Lipinski definition) is 1. The van der Waals surface area contributed by atoms with E-state index in [1.54, 1.807) is 12.1 Å². The zero-order valence-corrected chi connectivity index (χ0v) is 10.1. The van der Waals surface area contributed by atoms with Gasteiger partial charge in [-0.25, -0.2) is 0 Å². The zero-order chi connectivity index (χ0) is 12.1. The van der Waals surface area contributed by atoms with Crippen LogP contribution in [-0.2, 0) is 11.2 Å². The van der Waals surface area contributed by atoms with E-state index in [0.717, 1.165) is 12.0 Å². The lowest BCUT2D eigenvalue weighted by Gasteiger charge is -2.09. The number of carbonyl (C=O) groups excluding carboxylic acids is 2. The number of rotatable bonds is 4. The van der Waals surface area contributed by atoms with Gasteiger partial charge >= 0.3 is 0 Å². The van der Waals surface area contributed by atoms with Crippen LogP contribution >= 0.6 is 11.6 Å². The third kappa shape index (κ3) is 3.07. The summed E-state index contributed by atoms with van der Waals surface area (Å²) in [7, 11) is 0. The number of Topliss-reactive ketones (excluding diaryl/α,β-unsaturated/α-hetero) is 1. The number of carbonyl (C=O) groups is 2. The van der Waals surface area contributed by atoms with Gasteiger partial charge in [-0.2, -0.15) is 0 Å². The van der Waals surface area contributed by atoms with Crippen LogP contribution in [0.3, 0.4) is 0 Å². The Morgan fingerprint density at radius 1 is 1.38 bits per heavy atom. The van der Waals surface area contributed by atoms with Gasteiger partial charge in [-0.1, -0.05) is 13.0 Å². The Morgan fingerprint density at radius 2 is 2.06 bits per heavy atom. The minimum absolute atomic E-state index is 0.0836. The highest BCUT2D eigenvalue weighted by Gasteiger charge is 2.11. The molecule has 0 saturated heterocycles. The Morgan fingerprint density at radius 3 is 2.56 bits per heavy atom. The Kier molecular flexibility index (Phi) is 4.50. The standard InChI is InChI=1S/C12H14ClNO2/c1-3-9-4-5-11(14-8(2)15)10(6-9)12(16)7-13/h4-6H,3,7H2,1-2H3,(H,14,15). The molecule has 4 heteroatoms. The van der Waals surface area contributed by atoms with Crippen LogP contribution in [-0.4, -0.2) is 17.6 Å². The molecule has 86 valence electrons. The highest BCUT2D eigenvalue weighted by atomic mass is 35.5. The van der Waals surface area contributed by atoms with Crippen molar-refractivity contribution in [3.63, 3.8) is 0 Å². The summed E-state index contributed by atoms with van der Waals surface area (Å²) in [5.74, 6) is -0.465. The van der Waals surface area contributed by atoms with Crippen LogP contribution in [0, 0.1) is 0 Å². The summed E-state index contributed by atoms with van der Waals surface area (Å²) < 4.78 is 0. The van der Waals surface area contributed by atoms with Crippen molar-refractivity contribution < 1.29 is 9.59 Å². The Bertz CT molecular complexity index is 415. The smallest absolute Gasteiger partial charge is 0.221 e. The molecule has 16 heavy (non-hydrogen) atoms. The molecule has 0 spiro atoms. The minimum Gasteiger partial charge on any atom is -0.326 e. The molecule has 1 aromatic rings. The van der Waals surface area contributed by atoms with E-state index in [0.29, 0.717) is 11.3 Å². The number of ketones is 1. The maximum atomic E-state index is 11.6. The average Bonchev–Trinajstić information content (AvgIpc) is 2.28. The predicted molar refractivity (Wildman–Crippen MR) is 65.2 cm³/mol. The molecule has 0 unspecified atom stereocenters. The molecular weight excluding hydrogens is 226 g/mol. The van der Waals surface area contributed by atoms with Crippen molar-refractivity contribution in [3.05, 3.63) is 29.3 Å². The molecule has 0 saturated carbocycles. The highest BCUT2D eigenvalue weighted by Crippen LogP contribution is 2.19. The van der Waals surface area contributed by atoms with Crippen LogP contribution < -0.4 is 5.32 Å². The van der Waals surface area contributed by atoms with E-state index in [1.165, 1.54) is 6.92 Å². The summed E-state index contributed by atoms with van der Waals surface area (Å²) in [5.41, 5.74) is 2.04. The van der Waals surface area contributed by atoms with E-state index in [2.05, 4.69) is 5.32 Å². The summed E-state index contributed by atoms with van der Waals surface area (Å²) in [6.07, 6.45) is 0.836. The summed E-state index contributed by atoms with van der Waals surface area (Å²) in [5, 5.41) is 2.62. The third-order valence-corrected chi connectivity index (χ3v) is 2.47. The molecule has 1 aromatic carbocycles. The number of alkyl halides is 1. The van der Waals surface area contributed by atoms with Gasteiger partial charge in [0.2, 0.25) is 5.91 Å². The van der Waals surface area contributed by atoms with Crippen molar-refractivity contribution in [1.29, 1.82) is 0 Å². The molecule has 1 rings (SSSR count). The molecule has 1 N–H and O–H groups in total. The Balaban J connectivity index is 3.15. The number of hydrogen-bond acceptors (Lipinski definition) is 2. The summed E-state index contributed by atoms with van der Waals surface area (Å²) in [6, 6.07) is 5.40. The van der Waals surface area contributed by atoms with E-state index < -0.39 is 0 Å². The van der Waals surface area contributed by atoms with Gasteiger partial charge in [0.25, 0.3) is 0 Å². The van der Waals surface area contributed by atoms with Crippen molar-refractivity contribution in [3.8, 4) is 0 Å². The number of anilines is 1. The molecule has 0 fully saturated rings. The first-order valence-electron chi connectivity index (χ1n) is 5.08. The van der Waals surface area contributed by atoms with Crippen LogP contribution in [0.2, 0.25) is 0 Å². The van der Waals surface area contributed by atoms with Crippen LogP contribution in [0.1, 0.15) is 29.8 Å². The molecule has 3 nitrogen and oxygen atoms in total. The molecular formula is C12H14ClNO2. The fourth-order valence-electron chi connectivity index (χ4n) is 1.41. The molecule has 0 aliphatic carbocycles. The lowest BCUT2D eigenvalue weighted by Crippen LogP contribution is -2.12. The average molecular weight is 240 g/mol. The van der Waals surface area contributed by atoms with Crippen LogP contribution in [0.25, 0.3) is 0 Å². The monoisotopic (exact) mass is 239 g/mol. The molecule has 0 atom stereocenters. The molecule has 0 aliphatic heterocycles. The van der Waals surface area contributed by atoms with Crippen molar-refractivity contribution >= 4 is 29.0 Å². The van der Waals surface area contributed by atoms with Gasteiger partial charge < -0.3 is 5.32 Å². The lowest BCUT2D eigenvalue weighted by molar-refractivity contribution is -0.114. The Hall–Kier alpha value is -1.35. The van der Waals surface area contributed by atoms with Gasteiger partial charge in [-0.05, 0) is 24.1 Å². The normalized spacial score (nSPS) is 9.94. The predicted octanol–water partition coefficient (Wildman–Crippen LogP) is 2.63. The van der Waals surface area contributed by atoms with Crippen molar-refractivity contribution in [2.45, 2.75) is 20.3 Å². The summed E-state index contributed by atoms with van der Waals surface area (Å²) >= 11 is 5.53. The first-order valence-corrected chi connectivity index (χ1v) is 5.61. The summed E-state index contributed by atoms with van der Waals surface area (Å²) in [6.45, 7) is 3.41. The van der Waals surface area contributed by atoms with Gasteiger partial charge in [-0.3, -0.25) is 9.59 Å². The second kappa shape index (κ2) is 5.66. The topological polar surface area (TPSA) is 46.2 Å². The molecule has 0 bridgehead atoms. The zero-order valence-electron chi connectivity index (χ0n) is 9.34. The van der Waals surface area contributed by atoms with E-state index in [1.807, 2.05) is 13.0 Å². The SMILES string of the molecule is CCc1ccc(NC(C)=O)c(C(=O)CCl)c1. The van der Waals surface area contributed by atoms with Crippen LogP contribution in [0.4, 0.5) is 5.69 Å². The van der Waals surface area contributed by atoms with E-state index in [-0.39, 0.29) is 17.6 Å². The quantitative estimate of drug-likeness (QED) is 0.649. The fraction of sp³-hybridized carbons (Fsp3) is 0.333. The number of amides is 1. The number of benzene rings is 1. The van der Waals surface area contributed by atoms with E-state index in [9.17, 15) is 9.59 Å². The van der Waals surface area contributed by atoms with Crippen molar-refractivity contribution in [2.75, 3.05) is 11.2 Å². The molecule has 0 aliphatic rings. The van der Waals surface area contributed by atoms with E-state index in [4.69, 9.17) is 11.6 Å². The van der Waals surface area contributed by atoms with Crippen LogP contribution in [0.15, 0.2) is 18.2 Å². The minimum atomic E-state index is -0.201. The van der Waals surface area contributed by atoms with Crippen molar-refractivity contribution in [2.24, 2.45) is 0 Å². The van der Waals surface area contributed by atoms with Gasteiger partial charge in [0, 0.05) is 12.5 Å². The number of aryl methyl sites for hydroxylation is 1. The van der Waals surface area contributed by atoms with Gasteiger partial charge in [-0.15, -0.1) is 11.6 Å². The first-order chi connectivity index (χ1) is 7.58. The molecule has 0 aromatic heterocycles. The fourth-order valence-corrected chi connectivity index (χ4v) is 1.56. The van der Waals surface area contributed by atoms with Gasteiger partial charge in [0.1, 0.15) is 0 Å². The second-order valence-corrected chi connectivity index (χ2v) is 3.74.